The van der Waals surface area contributed by atoms with Gasteiger partial charge in [-0.2, -0.15) is 0 Å². The van der Waals surface area contributed by atoms with Gasteiger partial charge in [0.05, 0.1) is 7.11 Å². The van der Waals surface area contributed by atoms with Crippen molar-refractivity contribution in [1.29, 1.82) is 0 Å². The van der Waals surface area contributed by atoms with E-state index in [0.29, 0.717) is 11.5 Å². The van der Waals surface area contributed by atoms with Crippen molar-refractivity contribution in [2.24, 2.45) is 5.92 Å². The van der Waals surface area contributed by atoms with Crippen LogP contribution in [0.15, 0.2) is 0 Å². The normalized spacial score (nSPS) is 11.5. The van der Waals surface area contributed by atoms with E-state index in [1.807, 2.05) is 31.4 Å². The molecule has 1 rings (SSSR count). The second-order valence-corrected chi connectivity index (χ2v) is 7.16. The highest BCUT2D eigenvalue weighted by Gasteiger charge is 2.26. The summed E-state index contributed by atoms with van der Waals surface area (Å²) in [6, 6.07) is 0. The molecule has 0 aliphatic rings. The van der Waals surface area contributed by atoms with Gasteiger partial charge in [0, 0.05) is 5.56 Å². The van der Waals surface area contributed by atoms with E-state index in [1.165, 1.54) is 7.11 Å². The Morgan fingerprint density at radius 3 is 1.86 bits per heavy atom. The number of rotatable bonds is 5. The summed E-state index contributed by atoms with van der Waals surface area (Å²) < 4.78 is 11.3. The van der Waals surface area contributed by atoms with Crippen LogP contribution in [0.4, 0.5) is 0 Å². The lowest BCUT2D eigenvalue weighted by Crippen LogP contribution is -2.49. The molecule has 0 fully saturated rings. The number of carbonyl (C=O) groups excluding carboxylic acids is 1. The lowest BCUT2D eigenvalue weighted by atomic mass is 9.66. The van der Waals surface area contributed by atoms with E-state index in [9.17, 15) is 4.79 Å². The van der Waals surface area contributed by atoms with Crippen LogP contribution in [0.3, 0.4) is 0 Å². The van der Waals surface area contributed by atoms with Gasteiger partial charge in [-0.3, -0.25) is 0 Å². The molecule has 0 spiro atoms. The first-order chi connectivity index (χ1) is 10.0. The van der Waals surface area contributed by atoms with Crippen molar-refractivity contribution in [2.45, 2.75) is 39.7 Å². The Balaban J connectivity index is 3.38. The van der Waals surface area contributed by atoms with Crippen LogP contribution in [0.1, 0.15) is 44.5 Å². The Hall–Kier alpha value is -1.25. The van der Waals surface area contributed by atoms with Crippen molar-refractivity contribution in [3.8, 4) is 5.75 Å². The van der Waals surface area contributed by atoms with Gasteiger partial charge in [0.15, 0.2) is 0 Å². The molecule has 22 heavy (non-hydrogen) atoms. The maximum atomic E-state index is 12.0. The summed E-state index contributed by atoms with van der Waals surface area (Å²) in [5.74, 6) is 1.18. The van der Waals surface area contributed by atoms with Crippen LogP contribution in [-0.2, 0) is 4.74 Å². The average Bonchev–Trinajstić information content (AvgIpc) is 2.40. The third kappa shape index (κ3) is 3.93. The fraction of sp³-hybridized carbons (Fsp3) is 0.533. The van der Waals surface area contributed by atoms with E-state index in [1.54, 1.807) is 0 Å². The first-order valence-corrected chi connectivity index (χ1v) is 7.89. The SMILES string of the molecule is Bc1c(B)c(C(=O)OC)c(B)c(B)c1OC(C)(C)CC(C)C. The van der Waals surface area contributed by atoms with Gasteiger partial charge in [0.25, 0.3) is 0 Å². The van der Waals surface area contributed by atoms with Crippen LogP contribution in [0.25, 0.3) is 0 Å². The number of carbonyl (C=O) groups is 1. The van der Waals surface area contributed by atoms with E-state index >= 15 is 0 Å². The van der Waals surface area contributed by atoms with Crippen LogP contribution < -0.4 is 26.6 Å². The topological polar surface area (TPSA) is 35.5 Å². The lowest BCUT2D eigenvalue weighted by Gasteiger charge is -2.32. The Bertz CT molecular complexity index is 554. The third-order valence-corrected chi connectivity index (χ3v) is 4.22. The lowest BCUT2D eigenvalue weighted by molar-refractivity contribution is 0.0604. The number of hydrogen-bond acceptors (Lipinski definition) is 3. The van der Waals surface area contributed by atoms with E-state index < -0.39 is 0 Å². The molecule has 1 aromatic carbocycles. The van der Waals surface area contributed by atoms with E-state index in [4.69, 9.17) is 9.47 Å². The van der Waals surface area contributed by atoms with Gasteiger partial charge in [-0.25, -0.2) is 4.79 Å². The molecule has 0 heterocycles. The maximum Gasteiger partial charge on any atom is 0.336 e. The van der Waals surface area contributed by atoms with Gasteiger partial charge in [-0.05, 0) is 26.2 Å². The molecule has 0 amide bonds. The van der Waals surface area contributed by atoms with Crippen molar-refractivity contribution in [3.63, 3.8) is 0 Å². The van der Waals surface area contributed by atoms with Crippen LogP contribution in [0, 0.1) is 5.92 Å². The molecule has 0 aliphatic heterocycles. The molecule has 0 saturated heterocycles. The van der Waals surface area contributed by atoms with Crippen LogP contribution in [-0.4, -0.2) is 50.1 Å². The molecule has 0 aliphatic carbocycles. The maximum absolute atomic E-state index is 12.0. The standard InChI is InChI=1S/C15H26B4O3/c1-7(2)6-15(3,4)22-13-11(18)9(16)8(14(20)21-5)10(17)12(13)19/h7H,6,16-19H2,1-5H3. The molecule has 0 aromatic heterocycles. The highest BCUT2D eigenvalue weighted by molar-refractivity contribution is 6.60. The van der Waals surface area contributed by atoms with Gasteiger partial charge in [0.1, 0.15) is 42.7 Å². The second kappa shape index (κ2) is 6.89. The molecule has 116 valence electrons. The zero-order chi connectivity index (χ0) is 17.2. The largest absolute Gasteiger partial charge is 0.489 e. The molecule has 1 aromatic rings. The minimum atomic E-state index is -0.283. The zero-order valence-corrected chi connectivity index (χ0v) is 15.5. The Labute approximate surface area is 138 Å². The molecule has 0 atom stereocenters. The van der Waals surface area contributed by atoms with Crippen LogP contribution >= 0.6 is 0 Å². The highest BCUT2D eigenvalue weighted by Crippen LogP contribution is 2.21. The van der Waals surface area contributed by atoms with Crippen molar-refractivity contribution in [3.05, 3.63) is 5.56 Å². The summed E-state index contributed by atoms with van der Waals surface area (Å²) in [7, 11) is 9.35. The van der Waals surface area contributed by atoms with Gasteiger partial charge in [0.2, 0.25) is 0 Å². The van der Waals surface area contributed by atoms with E-state index in [0.717, 1.165) is 34.0 Å². The zero-order valence-electron chi connectivity index (χ0n) is 15.5. The molecular formula is C15H26B4O3. The van der Waals surface area contributed by atoms with Crippen LogP contribution in [0.2, 0.25) is 0 Å². The fourth-order valence-corrected chi connectivity index (χ4v) is 3.14. The van der Waals surface area contributed by atoms with Crippen molar-refractivity contribution in [1.82, 2.24) is 0 Å². The molecule has 3 nitrogen and oxygen atoms in total. The first kappa shape index (κ1) is 18.8. The molecule has 0 bridgehead atoms. The minimum Gasteiger partial charge on any atom is -0.489 e. The number of esters is 1. The van der Waals surface area contributed by atoms with E-state index in [-0.39, 0.29) is 11.6 Å². The number of ether oxygens (including phenoxy) is 2. The summed E-state index contributed by atoms with van der Waals surface area (Å²) in [5.41, 5.74) is 4.32. The summed E-state index contributed by atoms with van der Waals surface area (Å²) >= 11 is 0. The minimum absolute atomic E-state index is 0.241. The fourth-order valence-electron chi connectivity index (χ4n) is 3.14. The smallest absolute Gasteiger partial charge is 0.336 e. The van der Waals surface area contributed by atoms with Gasteiger partial charge in [-0.15, -0.1) is 0 Å². The monoisotopic (exact) mass is 298 g/mol. The number of benzene rings is 1. The Morgan fingerprint density at radius 2 is 1.50 bits per heavy atom. The Kier molecular flexibility index (Phi) is 5.89. The van der Waals surface area contributed by atoms with Crippen molar-refractivity contribution >= 4 is 59.2 Å². The quantitative estimate of drug-likeness (QED) is 0.422. The highest BCUT2D eigenvalue weighted by atomic mass is 16.5. The average molecular weight is 298 g/mol. The molecule has 0 radical (unpaired) electrons. The number of hydrogen-bond donors (Lipinski definition) is 0. The van der Waals surface area contributed by atoms with Gasteiger partial charge in [-0.1, -0.05) is 35.7 Å². The van der Waals surface area contributed by atoms with Gasteiger partial charge < -0.3 is 9.47 Å². The molecule has 7 heteroatoms. The second-order valence-electron chi connectivity index (χ2n) is 7.16. The summed E-state index contributed by atoms with van der Waals surface area (Å²) in [4.78, 5) is 12.0. The molecular weight excluding hydrogens is 271 g/mol. The molecule has 0 N–H and O–H groups in total. The summed E-state index contributed by atoms with van der Waals surface area (Å²) in [5, 5.41) is 0. The van der Waals surface area contributed by atoms with E-state index in [2.05, 4.69) is 27.7 Å². The predicted molar refractivity (Wildman–Crippen MR) is 105 cm³/mol. The Morgan fingerprint density at radius 1 is 1.05 bits per heavy atom. The first-order valence-electron chi connectivity index (χ1n) is 7.89. The van der Waals surface area contributed by atoms with Gasteiger partial charge >= 0.3 is 5.97 Å². The number of methoxy groups -OCH3 is 1. The van der Waals surface area contributed by atoms with Crippen molar-refractivity contribution in [2.75, 3.05) is 7.11 Å². The molecule has 0 saturated carbocycles. The molecule has 0 unspecified atom stereocenters. The summed E-state index contributed by atoms with van der Waals surface area (Å²) in [6.45, 7) is 8.62. The summed E-state index contributed by atoms with van der Waals surface area (Å²) in [6.07, 6.45) is 0.975. The third-order valence-electron chi connectivity index (χ3n) is 4.22. The van der Waals surface area contributed by atoms with Crippen molar-refractivity contribution < 1.29 is 14.3 Å². The predicted octanol–water partition coefficient (Wildman–Crippen LogP) is -3.29. The van der Waals surface area contributed by atoms with Crippen LogP contribution in [0.5, 0.6) is 5.75 Å².